The summed E-state index contributed by atoms with van der Waals surface area (Å²) >= 11 is 1.38. The predicted molar refractivity (Wildman–Crippen MR) is 97.9 cm³/mol. The number of carbonyl (C=O) groups excluding carboxylic acids is 1. The summed E-state index contributed by atoms with van der Waals surface area (Å²) in [6, 6.07) is 12.0. The third-order valence-electron chi connectivity index (χ3n) is 4.01. The molecule has 2 heterocycles. The Morgan fingerprint density at radius 1 is 1.19 bits per heavy atom. The van der Waals surface area contributed by atoms with Gasteiger partial charge in [-0.15, -0.1) is 11.3 Å². The van der Waals surface area contributed by atoms with Gasteiger partial charge in [-0.3, -0.25) is 4.79 Å². The minimum Gasteiger partial charge on any atom is -0.493 e. The highest BCUT2D eigenvalue weighted by Gasteiger charge is 2.36. The van der Waals surface area contributed by atoms with Crippen LogP contribution >= 0.6 is 11.3 Å². The first-order chi connectivity index (χ1) is 12.6. The van der Waals surface area contributed by atoms with Crippen molar-refractivity contribution in [3.05, 3.63) is 70.3 Å². The molecule has 0 aliphatic carbocycles. The van der Waals surface area contributed by atoms with E-state index in [-0.39, 0.29) is 12.5 Å². The molecular formula is C19H19NO5S. The van der Waals surface area contributed by atoms with Crippen molar-refractivity contribution < 1.29 is 23.8 Å². The number of para-hydroxylation sites is 1. The topological polar surface area (TPSA) is 80.9 Å². The Labute approximate surface area is 155 Å². The van der Waals surface area contributed by atoms with Gasteiger partial charge in [0.05, 0.1) is 32.6 Å². The third-order valence-corrected chi connectivity index (χ3v) is 5.03. The Hall–Kier alpha value is -2.77. The molecule has 3 rings (SSSR count). The predicted octanol–water partition coefficient (Wildman–Crippen LogP) is 3.02. The summed E-state index contributed by atoms with van der Waals surface area (Å²) in [6.45, 7) is -0.0553. The summed E-state index contributed by atoms with van der Waals surface area (Å²) in [5.74, 6) is 0.769. The molecule has 0 aliphatic rings. The van der Waals surface area contributed by atoms with Crippen LogP contribution in [0.25, 0.3) is 0 Å². The molecule has 1 atom stereocenters. The fourth-order valence-electron chi connectivity index (χ4n) is 2.69. The molecule has 0 saturated heterocycles. The number of thiophene rings is 1. The lowest BCUT2D eigenvalue weighted by molar-refractivity contribution is 0.0553. The lowest BCUT2D eigenvalue weighted by Gasteiger charge is -2.25. The minimum absolute atomic E-state index is 0.0553. The zero-order valence-corrected chi connectivity index (χ0v) is 15.2. The number of furan rings is 1. The van der Waals surface area contributed by atoms with Gasteiger partial charge in [0.25, 0.3) is 5.91 Å². The van der Waals surface area contributed by atoms with Crippen molar-refractivity contribution in [3.63, 3.8) is 0 Å². The van der Waals surface area contributed by atoms with Crippen LogP contribution in [0.4, 0.5) is 0 Å². The molecule has 7 heteroatoms. The molecule has 0 fully saturated rings. The normalized spacial score (nSPS) is 13.0. The molecule has 2 N–H and O–H groups in total. The number of aliphatic hydroxyl groups is 1. The van der Waals surface area contributed by atoms with Gasteiger partial charge in [0.2, 0.25) is 0 Å². The molecule has 136 valence electrons. The van der Waals surface area contributed by atoms with Crippen molar-refractivity contribution in [1.29, 1.82) is 0 Å². The number of rotatable bonds is 7. The van der Waals surface area contributed by atoms with Crippen LogP contribution in [0, 0.1) is 0 Å². The van der Waals surface area contributed by atoms with E-state index < -0.39 is 5.60 Å². The molecule has 26 heavy (non-hydrogen) atoms. The van der Waals surface area contributed by atoms with Crippen LogP contribution in [0.15, 0.2) is 58.5 Å². The Kier molecular flexibility index (Phi) is 5.29. The SMILES string of the molecule is COc1cccc(C(=O)NCC(O)(c2ccco2)c2cccs2)c1OC. The quantitative estimate of drug-likeness (QED) is 0.665. The molecule has 2 aromatic heterocycles. The first kappa shape index (κ1) is 18.0. The number of hydrogen-bond acceptors (Lipinski definition) is 6. The third kappa shape index (κ3) is 3.31. The van der Waals surface area contributed by atoms with Gasteiger partial charge in [-0.25, -0.2) is 0 Å². The Morgan fingerprint density at radius 3 is 2.65 bits per heavy atom. The van der Waals surface area contributed by atoms with Crippen LogP contribution in [0.2, 0.25) is 0 Å². The zero-order chi connectivity index (χ0) is 18.6. The Morgan fingerprint density at radius 2 is 2.04 bits per heavy atom. The Bertz CT molecular complexity index is 824. The molecule has 0 spiro atoms. The highest BCUT2D eigenvalue weighted by Crippen LogP contribution is 2.34. The molecule has 0 bridgehead atoms. The smallest absolute Gasteiger partial charge is 0.255 e. The molecule has 0 radical (unpaired) electrons. The second-order valence-electron chi connectivity index (χ2n) is 5.54. The summed E-state index contributed by atoms with van der Waals surface area (Å²) in [6.07, 6.45) is 1.49. The van der Waals surface area contributed by atoms with E-state index in [2.05, 4.69) is 5.32 Å². The van der Waals surface area contributed by atoms with E-state index in [0.29, 0.717) is 27.7 Å². The number of carbonyl (C=O) groups is 1. The van der Waals surface area contributed by atoms with Crippen LogP contribution in [0.1, 0.15) is 21.0 Å². The maximum Gasteiger partial charge on any atom is 0.255 e. The molecule has 1 unspecified atom stereocenters. The van der Waals surface area contributed by atoms with Crippen molar-refractivity contribution in [2.75, 3.05) is 20.8 Å². The van der Waals surface area contributed by atoms with Crippen molar-refractivity contribution in [1.82, 2.24) is 5.32 Å². The standard InChI is InChI=1S/C19H19NO5S/c1-23-14-7-3-6-13(17(14)24-2)18(21)20-12-19(22,15-8-4-10-25-15)16-9-5-11-26-16/h3-11,22H,12H2,1-2H3,(H,20,21). The van der Waals surface area contributed by atoms with Gasteiger partial charge in [0.1, 0.15) is 5.76 Å². The summed E-state index contributed by atoms with van der Waals surface area (Å²) < 4.78 is 15.9. The minimum atomic E-state index is -1.46. The second kappa shape index (κ2) is 7.63. The van der Waals surface area contributed by atoms with Gasteiger partial charge in [0.15, 0.2) is 17.1 Å². The second-order valence-corrected chi connectivity index (χ2v) is 6.49. The monoisotopic (exact) mass is 373 g/mol. The lowest BCUT2D eigenvalue weighted by Crippen LogP contribution is -2.41. The Balaban J connectivity index is 1.86. The van der Waals surface area contributed by atoms with Gasteiger partial charge in [-0.05, 0) is 35.7 Å². The number of nitrogens with one attached hydrogen (secondary N) is 1. The van der Waals surface area contributed by atoms with Gasteiger partial charge < -0.3 is 24.3 Å². The summed E-state index contributed by atoms with van der Waals surface area (Å²) in [7, 11) is 2.98. The van der Waals surface area contributed by atoms with E-state index in [1.165, 1.54) is 31.8 Å². The highest BCUT2D eigenvalue weighted by atomic mass is 32.1. The number of methoxy groups -OCH3 is 2. The zero-order valence-electron chi connectivity index (χ0n) is 14.4. The molecule has 1 amide bonds. The van der Waals surface area contributed by atoms with Gasteiger partial charge in [-0.2, -0.15) is 0 Å². The average molecular weight is 373 g/mol. The number of benzene rings is 1. The summed E-state index contributed by atoms with van der Waals surface area (Å²) in [4.78, 5) is 13.4. The number of amides is 1. The van der Waals surface area contributed by atoms with E-state index >= 15 is 0 Å². The average Bonchev–Trinajstić information content (AvgIpc) is 3.39. The van der Waals surface area contributed by atoms with E-state index in [9.17, 15) is 9.90 Å². The highest BCUT2D eigenvalue weighted by molar-refractivity contribution is 7.10. The molecule has 1 aromatic carbocycles. The molecule has 6 nitrogen and oxygen atoms in total. The largest absolute Gasteiger partial charge is 0.493 e. The summed E-state index contributed by atoms with van der Waals surface area (Å²) in [5.41, 5.74) is -1.14. The number of hydrogen-bond donors (Lipinski definition) is 2. The molecule has 3 aromatic rings. The molecule has 0 saturated carbocycles. The van der Waals surface area contributed by atoms with E-state index in [1.807, 2.05) is 11.4 Å². The number of ether oxygens (including phenoxy) is 2. The lowest BCUT2D eigenvalue weighted by atomic mass is 9.98. The van der Waals surface area contributed by atoms with Gasteiger partial charge in [-0.1, -0.05) is 12.1 Å². The fourth-order valence-corrected chi connectivity index (χ4v) is 3.52. The summed E-state index contributed by atoms with van der Waals surface area (Å²) in [5, 5.41) is 15.8. The van der Waals surface area contributed by atoms with Crippen LogP contribution in [0.3, 0.4) is 0 Å². The first-order valence-corrected chi connectivity index (χ1v) is 8.77. The van der Waals surface area contributed by atoms with Crippen LogP contribution < -0.4 is 14.8 Å². The maximum atomic E-state index is 12.7. The van der Waals surface area contributed by atoms with Crippen molar-refractivity contribution >= 4 is 17.2 Å². The van der Waals surface area contributed by atoms with Gasteiger partial charge in [0, 0.05) is 4.88 Å². The first-order valence-electron chi connectivity index (χ1n) is 7.89. The van der Waals surface area contributed by atoms with E-state index in [4.69, 9.17) is 13.9 Å². The van der Waals surface area contributed by atoms with Crippen LogP contribution in [-0.4, -0.2) is 31.8 Å². The molecular weight excluding hydrogens is 354 g/mol. The van der Waals surface area contributed by atoms with E-state index in [1.54, 1.807) is 36.4 Å². The van der Waals surface area contributed by atoms with Crippen LogP contribution in [0.5, 0.6) is 11.5 Å². The van der Waals surface area contributed by atoms with Crippen molar-refractivity contribution in [3.8, 4) is 11.5 Å². The van der Waals surface area contributed by atoms with Gasteiger partial charge >= 0.3 is 0 Å². The van der Waals surface area contributed by atoms with Crippen LogP contribution in [-0.2, 0) is 5.60 Å². The van der Waals surface area contributed by atoms with Crippen molar-refractivity contribution in [2.24, 2.45) is 0 Å². The fraction of sp³-hybridized carbons (Fsp3) is 0.211. The van der Waals surface area contributed by atoms with Crippen molar-refractivity contribution in [2.45, 2.75) is 5.60 Å². The van der Waals surface area contributed by atoms with E-state index in [0.717, 1.165) is 0 Å². The maximum absolute atomic E-state index is 12.7. The molecule has 0 aliphatic heterocycles.